The van der Waals surface area contributed by atoms with Crippen LogP contribution in [0.2, 0.25) is 0 Å². The number of hydrogen-bond acceptors (Lipinski definition) is 4. The number of nitrogens with zero attached hydrogens (tertiary/aromatic N) is 2. The minimum Gasteiger partial charge on any atom is -0.310 e. The van der Waals surface area contributed by atoms with Gasteiger partial charge in [-0.1, -0.05) is 27.7 Å². The molecule has 1 unspecified atom stereocenters. The summed E-state index contributed by atoms with van der Waals surface area (Å²) in [5.41, 5.74) is 0.673. The van der Waals surface area contributed by atoms with Crippen LogP contribution in [0.3, 0.4) is 0 Å². The van der Waals surface area contributed by atoms with Gasteiger partial charge in [0.1, 0.15) is 0 Å². The number of rotatable bonds is 8. The lowest BCUT2D eigenvalue weighted by Gasteiger charge is -2.25. The average molecular weight is 316 g/mol. The second-order valence-electron chi connectivity index (χ2n) is 6.26. The van der Waals surface area contributed by atoms with Crippen LogP contribution in [0.5, 0.6) is 0 Å². The van der Waals surface area contributed by atoms with Gasteiger partial charge in [0, 0.05) is 31.2 Å². The third-order valence-electron chi connectivity index (χ3n) is 3.45. The third-order valence-corrected chi connectivity index (χ3v) is 5.44. The molecule has 1 atom stereocenters. The molecule has 1 aromatic rings. The summed E-state index contributed by atoms with van der Waals surface area (Å²) in [6.07, 6.45) is 2.40. The summed E-state index contributed by atoms with van der Waals surface area (Å²) in [6, 6.07) is 0.234. The molecule has 7 heteroatoms. The molecule has 6 nitrogen and oxygen atoms in total. The van der Waals surface area contributed by atoms with Gasteiger partial charge in [0.15, 0.2) is 5.03 Å². The molecule has 1 rings (SSSR count). The number of H-pyrrole nitrogens is 1. The second kappa shape index (κ2) is 7.38. The van der Waals surface area contributed by atoms with E-state index < -0.39 is 10.0 Å². The van der Waals surface area contributed by atoms with Crippen molar-refractivity contribution in [3.05, 3.63) is 11.8 Å². The first-order valence-electron chi connectivity index (χ1n) is 7.39. The highest BCUT2D eigenvalue weighted by Crippen LogP contribution is 2.21. The highest BCUT2D eigenvalue weighted by Gasteiger charge is 2.29. The van der Waals surface area contributed by atoms with E-state index in [1.807, 2.05) is 20.8 Å². The Labute approximate surface area is 128 Å². The van der Waals surface area contributed by atoms with Crippen LogP contribution < -0.4 is 5.32 Å². The van der Waals surface area contributed by atoms with Gasteiger partial charge in [0.25, 0.3) is 10.0 Å². The van der Waals surface area contributed by atoms with Gasteiger partial charge in [-0.3, -0.25) is 5.10 Å². The van der Waals surface area contributed by atoms with Crippen molar-refractivity contribution < 1.29 is 8.42 Å². The van der Waals surface area contributed by atoms with Crippen molar-refractivity contribution in [3.63, 3.8) is 0 Å². The highest BCUT2D eigenvalue weighted by molar-refractivity contribution is 7.89. The van der Waals surface area contributed by atoms with Crippen LogP contribution in [0.25, 0.3) is 0 Å². The largest absolute Gasteiger partial charge is 0.310 e. The first-order valence-corrected chi connectivity index (χ1v) is 8.84. The fourth-order valence-electron chi connectivity index (χ4n) is 2.17. The summed E-state index contributed by atoms with van der Waals surface area (Å²) in [5, 5.41) is 9.94. The molecule has 0 saturated heterocycles. The molecule has 1 heterocycles. The Bertz CT molecular complexity index is 537. The van der Waals surface area contributed by atoms with E-state index in [9.17, 15) is 8.42 Å². The summed E-state index contributed by atoms with van der Waals surface area (Å²) in [5.74, 6) is 0.446. The SMILES string of the molecule is CC(C)CC(C)N(C)S(=O)(=O)c1[nH]ncc1CNC(C)C. The average Bonchev–Trinajstić information content (AvgIpc) is 2.83. The molecule has 21 heavy (non-hydrogen) atoms. The maximum atomic E-state index is 12.7. The summed E-state index contributed by atoms with van der Waals surface area (Å²) >= 11 is 0. The molecule has 0 amide bonds. The van der Waals surface area contributed by atoms with Crippen LogP contribution in [-0.2, 0) is 16.6 Å². The van der Waals surface area contributed by atoms with E-state index in [-0.39, 0.29) is 17.1 Å². The third kappa shape index (κ3) is 4.79. The summed E-state index contributed by atoms with van der Waals surface area (Å²) in [4.78, 5) is 0. The molecule has 0 bridgehead atoms. The Hall–Kier alpha value is -0.920. The van der Waals surface area contributed by atoms with Gasteiger partial charge in [0.05, 0.1) is 6.20 Å². The minimum absolute atomic E-state index is 0.0517. The molecule has 1 aromatic heterocycles. The Morgan fingerprint density at radius 1 is 1.29 bits per heavy atom. The van der Waals surface area contributed by atoms with Gasteiger partial charge in [-0.05, 0) is 19.3 Å². The molecule has 0 aliphatic rings. The van der Waals surface area contributed by atoms with Crippen LogP contribution in [0.4, 0.5) is 0 Å². The first kappa shape index (κ1) is 18.1. The van der Waals surface area contributed by atoms with Gasteiger partial charge in [-0.2, -0.15) is 9.40 Å². The lowest BCUT2D eigenvalue weighted by molar-refractivity contribution is 0.336. The molecule has 0 aliphatic carbocycles. The molecule has 0 saturated carbocycles. The van der Waals surface area contributed by atoms with Crippen molar-refractivity contribution in [2.45, 2.75) is 64.7 Å². The van der Waals surface area contributed by atoms with Gasteiger partial charge in [-0.15, -0.1) is 0 Å². The Morgan fingerprint density at radius 2 is 1.90 bits per heavy atom. The lowest BCUT2D eigenvalue weighted by Crippen LogP contribution is -2.36. The molecule has 0 aliphatic heterocycles. The zero-order valence-electron chi connectivity index (χ0n) is 13.8. The second-order valence-corrected chi connectivity index (χ2v) is 8.19. The summed E-state index contributed by atoms with van der Waals surface area (Å²) < 4.78 is 26.8. The van der Waals surface area contributed by atoms with E-state index in [1.54, 1.807) is 13.2 Å². The van der Waals surface area contributed by atoms with E-state index in [4.69, 9.17) is 0 Å². The molecule has 0 aromatic carbocycles. The number of sulfonamides is 1. The maximum Gasteiger partial charge on any atom is 0.260 e. The predicted octanol–water partition coefficient (Wildman–Crippen LogP) is 1.96. The van der Waals surface area contributed by atoms with Crippen molar-refractivity contribution in [1.82, 2.24) is 19.8 Å². The van der Waals surface area contributed by atoms with Crippen LogP contribution in [-0.4, -0.2) is 42.1 Å². The van der Waals surface area contributed by atoms with Gasteiger partial charge < -0.3 is 5.32 Å². The van der Waals surface area contributed by atoms with Gasteiger partial charge >= 0.3 is 0 Å². The van der Waals surface area contributed by atoms with E-state index >= 15 is 0 Å². The summed E-state index contributed by atoms with van der Waals surface area (Å²) in [6.45, 7) is 10.6. The number of aromatic nitrogens is 2. The van der Waals surface area contributed by atoms with Crippen molar-refractivity contribution in [3.8, 4) is 0 Å². The molecule has 2 N–H and O–H groups in total. The van der Waals surface area contributed by atoms with Crippen LogP contribution in [0, 0.1) is 5.92 Å². The molecule has 122 valence electrons. The van der Waals surface area contributed by atoms with Crippen molar-refractivity contribution in [2.75, 3.05) is 7.05 Å². The Morgan fingerprint density at radius 3 is 2.43 bits per heavy atom. The smallest absolute Gasteiger partial charge is 0.260 e. The van der Waals surface area contributed by atoms with E-state index in [0.717, 1.165) is 6.42 Å². The van der Waals surface area contributed by atoms with Gasteiger partial charge in [-0.25, -0.2) is 8.42 Å². The molecule has 0 spiro atoms. The minimum atomic E-state index is -3.54. The molecular weight excluding hydrogens is 288 g/mol. The van der Waals surface area contributed by atoms with Crippen LogP contribution in [0.1, 0.15) is 46.6 Å². The Kier molecular flexibility index (Phi) is 6.37. The van der Waals surface area contributed by atoms with Crippen LogP contribution >= 0.6 is 0 Å². The van der Waals surface area contributed by atoms with Crippen molar-refractivity contribution in [1.29, 1.82) is 0 Å². The van der Waals surface area contributed by atoms with E-state index in [2.05, 4.69) is 29.4 Å². The van der Waals surface area contributed by atoms with E-state index in [0.29, 0.717) is 18.0 Å². The maximum absolute atomic E-state index is 12.7. The van der Waals surface area contributed by atoms with Crippen molar-refractivity contribution in [2.24, 2.45) is 5.92 Å². The fourth-order valence-corrected chi connectivity index (χ4v) is 3.65. The molecule has 0 radical (unpaired) electrons. The van der Waals surface area contributed by atoms with Crippen molar-refractivity contribution >= 4 is 10.0 Å². The van der Waals surface area contributed by atoms with Crippen LogP contribution in [0.15, 0.2) is 11.2 Å². The molecule has 0 fully saturated rings. The zero-order valence-corrected chi connectivity index (χ0v) is 14.7. The van der Waals surface area contributed by atoms with E-state index in [1.165, 1.54) is 4.31 Å². The first-order chi connectivity index (χ1) is 9.66. The zero-order chi connectivity index (χ0) is 16.2. The highest BCUT2D eigenvalue weighted by atomic mass is 32.2. The topological polar surface area (TPSA) is 78.1 Å². The quantitative estimate of drug-likeness (QED) is 0.768. The Balaban J connectivity index is 2.95. The number of nitrogens with one attached hydrogen (secondary N) is 2. The normalized spacial score (nSPS) is 14.3. The number of aromatic amines is 1. The van der Waals surface area contributed by atoms with Gasteiger partial charge in [0.2, 0.25) is 0 Å². The monoisotopic (exact) mass is 316 g/mol. The molecular formula is C14H28N4O2S. The number of hydrogen-bond donors (Lipinski definition) is 2. The fraction of sp³-hybridized carbons (Fsp3) is 0.786. The lowest BCUT2D eigenvalue weighted by atomic mass is 10.1. The predicted molar refractivity (Wildman–Crippen MR) is 84.4 cm³/mol. The summed E-state index contributed by atoms with van der Waals surface area (Å²) in [7, 11) is -1.92. The standard InChI is InChI=1S/C14H28N4O2S/c1-10(2)7-12(5)18(6)21(19,20)14-13(9-16-17-14)8-15-11(3)4/h9-12,15H,7-8H2,1-6H3,(H,16,17).